The fraction of sp³-hybridized carbons (Fsp3) is 0.538. The van der Waals surface area contributed by atoms with Crippen LogP contribution in [0.15, 0.2) is 12.1 Å². The number of rotatable bonds is 7. The molecule has 0 aliphatic rings. The second kappa shape index (κ2) is 7.16. The highest BCUT2D eigenvalue weighted by Gasteiger charge is 2.20. The molecule has 1 heterocycles. The average Bonchev–Trinajstić information content (AvgIpc) is 2.82. The molecule has 5 heteroatoms. The molecule has 0 saturated heterocycles. The minimum absolute atomic E-state index is 0.289. The van der Waals surface area contributed by atoms with Crippen LogP contribution in [0.5, 0.6) is 0 Å². The van der Waals surface area contributed by atoms with Gasteiger partial charge in [-0.1, -0.05) is 26.7 Å². The topological polar surface area (TPSA) is 66.4 Å². The summed E-state index contributed by atoms with van der Waals surface area (Å²) < 4.78 is 0. The van der Waals surface area contributed by atoms with E-state index in [1.165, 1.54) is 11.3 Å². The van der Waals surface area contributed by atoms with Crippen molar-refractivity contribution >= 4 is 23.2 Å². The third-order valence-corrected chi connectivity index (χ3v) is 3.91. The van der Waals surface area contributed by atoms with E-state index in [1.54, 1.807) is 6.07 Å². The number of carbonyl (C=O) groups is 2. The molecule has 2 N–H and O–H groups in total. The van der Waals surface area contributed by atoms with Gasteiger partial charge in [-0.2, -0.15) is 0 Å². The van der Waals surface area contributed by atoms with Crippen molar-refractivity contribution in [3.05, 3.63) is 21.9 Å². The largest absolute Gasteiger partial charge is 0.480 e. The number of aliphatic carboxylic acids is 1. The quantitative estimate of drug-likeness (QED) is 0.799. The van der Waals surface area contributed by atoms with Gasteiger partial charge in [-0.15, -0.1) is 11.3 Å². The van der Waals surface area contributed by atoms with Gasteiger partial charge in [0, 0.05) is 4.88 Å². The first-order valence-corrected chi connectivity index (χ1v) is 7.02. The van der Waals surface area contributed by atoms with E-state index in [-0.39, 0.29) is 5.91 Å². The van der Waals surface area contributed by atoms with E-state index in [0.29, 0.717) is 11.3 Å². The van der Waals surface area contributed by atoms with Crippen molar-refractivity contribution in [3.63, 3.8) is 0 Å². The smallest absolute Gasteiger partial charge is 0.326 e. The highest BCUT2D eigenvalue weighted by atomic mass is 32.1. The van der Waals surface area contributed by atoms with Gasteiger partial charge in [-0.25, -0.2) is 4.79 Å². The number of hydrogen-bond donors (Lipinski definition) is 2. The van der Waals surface area contributed by atoms with Crippen molar-refractivity contribution in [2.24, 2.45) is 0 Å². The van der Waals surface area contributed by atoms with E-state index in [9.17, 15) is 9.59 Å². The maximum atomic E-state index is 11.9. The molecule has 0 aliphatic heterocycles. The maximum Gasteiger partial charge on any atom is 0.326 e. The second-order valence-corrected chi connectivity index (χ2v) is 5.29. The van der Waals surface area contributed by atoms with Crippen LogP contribution in [0.1, 0.15) is 47.7 Å². The molecule has 18 heavy (non-hydrogen) atoms. The number of amides is 1. The van der Waals surface area contributed by atoms with Crippen molar-refractivity contribution in [3.8, 4) is 0 Å². The molecule has 1 rings (SSSR count). The van der Waals surface area contributed by atoms with E-state index in [1.807, 2.05) is 19.9 Å². The maximum absolute atomic E-state index is 11.9. The van der Waals surface area contributed by atoms with Gasteiger partial charge in [-0.05, 0) is 25.0 Å². The molecular formula is C13H19NO3S. The molecule has 0 aliphatic carbocycles. The Morgan fingerprint density at radius 1 is 1.39 bits per heavy atom. The number of thiophene rings is 1. The lowest BCUT2D eigenvalue weighted by atomic mass is 10.1. The summed E-state index contributed by atoms with van der Waals surface area (Å²) >= 11 is 1.41. The van der Waals surface area contributed by atoms with Crippen molar-refractivity contribution < 1.29 is 14.7 Å². The average molecular weight is 269 g/mol. The SMILES string of the molecule is CCCC[C@H](NC(=O)c1ccc(CC)s1)C(=O)O. The number of hydrogen-bond acceptors (Lipinski definition) is 3. The Morgan fingerprint density at radius 2 is 2.11 bits per heavy atom. The number of nitrogens with one attached hydrogen (secondary N) is 1. The fourth-order valence-corrected chi connectivity index (χ4v) is 2.44. The Kier molecular flexibility index (Phi) is 5.85. The van der Waals surface area contributed by atoms with Crippen molar-refractivity contribution in [1.29, 1.82) is 0 Å². The van der Waals surface area contributed by atoms with Gasteiger partial charge in [0.15, 0.2) is 0 Å². The standard InChI is InChI=1S/C13H19NO3S/c1-3-5-6-10(13(16)17)14-12(15)11-8-7-9(4-2)18-11/h7-8,10H,3-6H2,1-2H3,(H,14,15)(H,16,17)/t10-/m0/s1. The van der Waals surface area contributed by atoms with E-state index >= 15 is 0 Å². The Bertz CT molecular complexity index is 414. The molecule has 0 fully saturated rings. The van der Waals surface area contributed by atoms with Crippen molar-refractivity contribution in [2.75, 3.05) is 0 Å². The molecule has 1 atom stereocenters. The summed E-state index contributed by atoms with van der Waals surface area (Å²) in [5.74, 6) is -1.26. The molecule has 0 aromatic carbocycles. The molecule has 100 valence electrons. The minimum Gasteiger partial charge on any atom is -0.480 e. The number of carboxylic acid groups (broad SMARTS) is 1. The van der Waals surface area contributed by atoms with Gasteiger partial charge < -0.3 is 10.4 Å². The predicted molar refractivity (Wildman–Crippen MR) is 72.1 cm³/mol. The summed E-state index contributed by atoms with van der Waals surface area (Å²) in [6.45, 7) is 4.02. The predicted octanol–water partition coefficient (Wildman–Crippen LogP) is 2.68. The zero-order valence-electron chi connectivity index (χ0n) is 10.7. The van der Waals surface area contributed by atoms with Crippen LogP contribution >= 0.6 is 11.3 Å². The highest BCUT2D eigenvalue weighted by molar-refractivity contribution is 7.14. The van der Waals surface area contributed by atoms with Gasteiger partial charge >= 0.3 is 5.97 Å². The molecule has 4 nitrogen and oxygen atoms in total. The molecule has 0 saturated carbocycles. The Balaban J connectivity index is 2.62. The van der Waals surface area contributed by atoms with Crippen LogP contribution in [0, 0.1) is 0 Å². The summed E-state index contributed by atoms with van der Waals surface area (Å²) in [6, 6.07) is 2.86. The summed E-state index contributed by atoms with van der Waals surface area (Å²) in [6.07, 6.45) is 3.07. The molecule has 0 bridgehead atoms. The summed E-state index contributed by atoms with van der Waals surface area (Å²) in [5.41, 5.74) is 0. The van der Waals surface area contributed by atoms with Gasteiger partial charge in [0.25, 0.3) is 5.91 Å². The molecule has 1 aromatic rings. The van der Waals surface area contributed by atoms with Crippen LogP contribution in [0.4, 0.5) is 0 Å². The van der Waals surface area contributed by atoms with Crippen LogP contribution < -0.4 is 5.32 Å². The van der Waals surface area contributed by atoms with Crippen LogP contribution in [0.25, 0.3) is 0 Å². The summed E-state index contributed by atoms with van der Waals surface area (Å²) in [5, 5.41) is 11.6. The van der Waals surface area contributed by atoms with Crippen molar-refractivity contribution in [2.45, 2.75) is 45.6 Å². The number of carboxylic acids is 1. The van der Waals surface area contributed by atoms with E-state index in [4.69, 9.17) is 5.11 Å². The van der Waals surface area contributed by atoms with Crippen LogP contribution in [-0.4, -0.2) is 23.0 Å². The first kappa shape index (κ1) is 14.7. The van der Waals surface area contributed by atoms with Gasteiger partial charge in [0.2, 0.25) is 0 Å². The second-order valence-electron chi connectivity index (χ2n) is 4.13. The molecule has 1 aromatic heterocycles. The molecule has 0 spiro atoms. The fourth-order valence-electron chi connectivity index (χ4n) is 1.58. The zero-order chi connectivity index (χ0) is 13.5. The van der Waals surface area contributed by atoms with E-state index in [2.05, 4.69) is 5.32 Å². The first-order chi connectivity index (χ1) is 8.58. The number of unbranched alkanes of at least 4 members (excludes halogenated alkanes) is 1. The Labute approximate surface area is 111 Å². The number of aryl methyl sites for hydroxylation is 1. The molecule has 0 unspecified atom stereocenters. The third-order valence-electron chi connectivity index (χ3n) is 2.68. The van der Waals surface area contributed by atoms with Crippen LogP contribution in [-0.2, 0) is 11.2 Å². The van der Waals surface area contributed by atoms with Crippen LogP contribution in [0.3, 0.4) is 0 Å². The van der Waals surface area contributed by atoms with Crippen LogP contribution in [0.2, 0.25) is 0 Å². The van der Waals surface area contributed by atoms with E-state index < -0.39 is 12.0 Å². The normalized spacial score (nSPS) is 12.1. The Morgan fingerprint density at radius 3 is 2.61 bits per heavy atom. The zero-order valence-corrected chi connectivity index (χ0v) is 11.5. The monoisotopic (exact) mass is 269 g/mol. The minimum atomic E-state index is -0.968. The number of carbonyl (C=O) groups excluding carboxylic acids is 1. The highest BCUT2D eigenvalue weighted by Crippen LogP contribution is 2.17. The van der Waals surface area contributed by atoms with Crippen molar-refractivity contribution in [1.82, 2.24) is 5.32 Å². The molecule has 1 amide bonds. The lowest BCUT2D eigenvalue weighted by molar-refractivity contribution is -0.139. The van der Waals surface area contributed by atoms with E-state index in [0.717, 1.165) is 24.1 Å². The first-order valence-electron chi connectivity index (χ1n) is 6.20. The molecular weight excluding hydrogens is 250 g/mol. The Hall–Kier alpha value is -1.36. The van der Waals surface area contributed by atoms with Gasteiger partial charge in [-0.3, -0.25) is 4.79 Å². The lowest BCUT2D eigenvalue weighted by Crippen LogP contribution is -2.40. The third kappa shape index (κ3) is 4.14. The summed E-state index contributed by atoms with van der Waals surface area (Å²) in [4.78, 5) is 24.6. The lowest BCUT2D eigenvalue weighted by Gasteiger charge is -2.13. The molecule has 0 radical (unpaired) electrons. The van der Waals surface area contributed by atoms with Gasteiger partial charge in [0.05, 0.1) is 4.88 Å². The summed E-state index contributed by atoms with van der Waals surface area (Å²) in [7, 11) is 0. The van der Waals surface area contributed by atoms with Gasteiger partial charge in [0.1, 0.15) is 6.04 Å².